The standard InChI is InChI=1S/C31H38N6O5S/c1-31(2,3)37(30(40)41)27(13-7-8-18-33-29(39)42-22-24-10-5-4-6-11-24)28(38)36(21-26-12-9-19-43-26)20-23-14-16-25(17-15-23)34-35-32/h4-6,9-12,14-17,19,27,32H,7-8,13,18,20-22H2,1-3H3,(H-,33,39,40,41)/t27-/m0/s1. The van der Waals surface area contributed by atoms with Crippen LogP contribution in [0, 0.1) is 5.53 Å². The minimum absolute atomic E-state index is 0.159. The third-order valence-corrected chi connectivity index (χ3v) is 7.48. The Morgan fingerprint density at radius 2 is 1.72 bits per heavy atom. The second kappa shape index (κ2) is 16.2. The molecule has 3 amide bonds. The molecular weight excluding hydrogens is 568 g/mol. The summed E-state index contributed by atoms with van der Waals surface area (Å²) >= 11 is 1.51. The molecule has 0 aliphatic rings. The van der Waals surface area contributed by atoms with E-state index in [1.165, 1.54) is 11.3 Å². The third-order valence-electron chi connectivity index (χ3n) is 6.62. The summed E-state index contributed by atoms with van der Waals surface area (Å²) < 4.78 is 5.24. The van der Waals surface area contributed by atoms with Crippen LogP contribution in [0.5, 0.6) is 0 Å². The second-order valence-corrected chi connectivity index (χ2v) is 12.0. The molecule has 3 rings (SSSR count). The normalized spacial score (nSPS) is 11.6. The van der Waals surface area contributed by atoms with E-state index < -0.39 is 23.8 Å². The van der Waals surface area contributed by atoms with Crippen molar-refractivity contribution < 1.29 is 24.2 Å². The number of hydrogen-bond acceptors (Lipinski definition) is 8. The van der Waals surface area contributed by atoms with E-state index in [0.29, 0.717) is 31.6 Å². The molecule has 228 valence electrons. The highest BCUT2D eigenvalue weighted by atomic mass is 32.1. The maximum absolute atomic E-state index is 14.2. The summed E-state index contributed by atoms with van der Waals surface area (Å²) in [5, 5.41) is 20.7. The van der Waals surface area contributed by atoms with E-state index in [0.717, 1.165) is 20.9 Å². The maximum atomic E-state index is 14.2. The lowest BCUT2D eigenvalue weighted by atomic mass is 9.98. The van der Waals surface area contributed by atoms with Crippen molar-refractivity contribution in [3.05, 3.63) is 88.1 Å². The maximum Gasteiger partial charge on any atom is 0.407 e. The molecule has 0 aliphatic carbocycles. The third kappa shape index (κ3) is 10.7. The fraction of sp³-hybridized carbons (Fsp3) is 0.387. The van der Waals surface area contributed by atoms with Crippen LogP contribution in [0.4, 0.5) is 15.3 Å². The number of carbonyl (C=O) groups is 3. The number of nitrogens with one attached hydrogen (secondary N) is 2. The minimum atomic E-state index is -1.42. The number of unbranched alkanes of at least 4 members (excludes halogenated alkanes) is 1. The number of ether oxygens (including phenoxy) is 1. The number of carboxylic acid groups (broad SMARTS) is 1. The van der Waals surface area contributed by atoms with Gasteiger partial charge in [-0.15, -0.1) is 11.3 Å². The van der Waals surface area contributed by atoms with E-state index in [-0.39, 0.29) is 25.5 Å². The number of rotatable bonds is 14. The van der Waals surface area contributed by atoms with Gasteiger partial charge in [0.1, 0.15) is 24.3 Å². The number of alkyl carbamates (subject to hydrolysis) is 1. The zero-order valence-electron chi connectivity index (χ0n) is 24.7. The molecule has 12 heteroatoms. The van der Waals surface area contributed by atoms with Crippen LogP contribution in [0.25, 0.3) is 0 Å². The van der Waals surface area contributed by atoms with Gasteiger partial charge >= 0.3 is 6.09 Å². The van der Waals surface area contributed by atoms with Crippen molar-refractivity contribution in [2.45, 2.75) is 71.3 Å². The van der Waals surface area contributed by atoms with Crippen molar-refractivity contribution in [3.63, 3.8) is 0 Å². The number of nitrogens with zero attached hydrogens (tertiary/aromatic N) is 4. The number of carbonyl (C=O) groups excluding carboxylic acids is 3. The van der Waals surface area contributed by atoms with E-state index in [4.69, 9.17) is 10.3 Å². The first-order valence-corrected chi connectivity index (χ1v) is 14.9. The number of thiophene rings is 1. The number of amides is 3. The molecule has 2 N–H and O–H groups in total. The predicted molar refractivity (Wildman–Crippen MR) is 161 cm³/mol. The van der Waals surface area contributed by atoms with Crippen LogP contribution in [0.15, 0.2) is 77.2 Å². The molecule has 0 saturated heterocycles. The van der Waals surface area contributed by atoms with Gasteiger partial charge in [0.15, 0.2) is 10.8 Å². The summed E-state index contributed by atoms with van der Waals surface area (Å²) in [4.78, 5) is 45.5. The lowest BCUT2D eigenvalue weighted by Gasteiger charge is -2.44. The van der Waals surface area contributed by atoms with Gasteiger partial charge in [0, 0.05) is 23.5 Å². The Labute approximate surface area is 255 Å². The van der Waals surface area contributed by atoms with Crippen molar-refractivity contribution in [1.29, 1.82) is 5.53 Å². The number of benzene rings is 2. The van der Waals surface area contributed by atoms with Gasteiger partial charge in [-0.2, -0.15) is 0 Å². The molecule has 0 saturated carbocycles. The molecule has 1 atom stereocenters. The minimum Gasteiger partial charge on any atom is -0.530 e. The Morgan fingerprint density at radius 1 is 1.00 bits per heavy atom. The van der Waals surface area contributed by atoms with Crippen molar-refractivity contribution in [3.8, 4) is 0 Å². The van der Waals surface area contributed by atoms with Gasteiger partial charge in [-0.1, -0.05) is 48.5 Å². The Kier molecular flexibility index (Phi) is 12.4. The Bertz CT molecular complexity index is 1370. The zero-order valence-corrected chi connectivity index (χ0v) is 25.5. The molecule has 43 heavy (non-hydrogen) atoms. The van der Waals surface area contributed by atoms with Crippen LogP contribution in [0.1, 0.15) is 56.0 Å². The molecule has 0 fully saturated rings. The quantitative estimate of drug-likeness (QED) is 0.144. The summed E-state index contributed by atoms with van der Waals surface area (Å²) in [6.45, 7) is 6.22. The predicted octanol–water partition coefficient (Wildman–Crippen LogP) is 5.37. The molecule has 0 spiro atoms. The molecule has 0 radical (unpaired) electrons. The molecular formula is C31H38N6O5S. The van der Waals surface area contributed by atoms with Crippen LogP contribution in [0.2, 0.25) is 0 Å². The van der Waals surface area contributed by atoms with Gasteiger partial charge in [-0.3, -0.25) is 4.79 Å². The van der Waals surface area contributed by atoms with Gasteiger partial charge < -0.3 is 29.8 Å². The fourth-order valence-corrected chi connectivity index (χ4v) is 5.34. The monoisotopic (exact) mass is 606 g/mol. The largest absolute Gasteiger partial charge is 0.530 e. The van der Waals surface area contributed by atoms with Crippen molar-refractivity contribution in [2.24, 2.45) is 5.11 Å². The Hall–Kier alpha value is -4.54. The first-order chi connectivity index (χ1) is 20.6. The summed E-state index contributed by atoms with van der Waals surface area (Å²) in [6, 6.07) is 19.2. The fourth-order valence-electron chi connectivity index (χ4n) is 4.62. The summed E-state index contributed by atoms with van der Waals surface area (Å²) in [6.07, 6.45) is -0.718. The average Bonchev–Trinajstić information content (AvgIpc) is 3.48. The lowest BCUT2D eigenvalue weighted by Crippen LogP contribution is -2.61. The molecule has 1 aromatic heterocycles. The number of hydrogen-bond donors (Lipinski definition) is 2. The van der Waals surface area contributed by atoms with Crippen LogP contribution in [0.3, 0.4) is 0 Å². The van der Waals surface area contributed by atoms with Crippen LogP contribution >= 0.6 is 11.3 Å². The first kappa shape index (κ1) is 33.0. The first-order valence-electron chi connectivity index (χ1n) is 14.0. The van der Waals surface area contributed by atoms with Gasteiger partial charge in [0.2, 0.25) is 10.8 Å². The molecule has 3 aromatic rings. The highest BCUT2D eigenvalue weighted by Crippen LogP contribution is 2.25. The summed E-state index contributed by atoms with van der Waals surface area (Å²) in [5.74, 6) is -0.335. The zero-order chi connectivity index (χ0) is 31.2. The van der Waals surface area contributed by atoms with E-state index in [1.54, 1.807) is 49.9 Å². The summed E-state index contributed by atoms with van der Waals surface area (Å²) in [5.41, 5.74) is 8.24. The molecule has 1 heterocycles. The van der Waals surface area contributed by atoms with Crippen LogP contribution in [-0.4, -0.2) is 46.0 Å². The Balaban J connectivity index is 1.71. The van der Waals surface area contributed by atoms with Crippen LogP contribution < -0.4 is 15.3 Å². The highest BCUT2D eigenvalue weighted by molar-refractivity contribution is 7.09. The highest BCUT2D eigenvalue weighted by Gasteiger charge is 2.36. The van der Waals surface area contributed by atoms with Gasteiger partial charge in [-0.05, 0) is 74.7 Å². The van der Waals surface area contributed by atoms with Crippen molar-refractivity contribution >= 4 is 35.1 Å². The SMILES string of the molecule is CC(C)(C)N(C(=O)[O-])[C@@H](CCCCNC(=O)OCc1ccccc1)C(=O)N(Cc1ccc(N=[N+]=N)cc1)Cc1cccs1. The van der Waals surface area contributed by atoms with E-state index in [9.17, 15) is 19.5 Å². The molecule has 11 nitrogen and oxygen atoms in total. The lowest BCUT2D eigenvalue weighted by molar-refractivity contribution is -0.273. The molecule has 0 bridgehead atoms. The molecule has 2 aromatic carbocycles. The molecule has 0 aliphatic heterocycles. The summed E-state index contributed by atoms with van der Waals surface area (Å²) in [7, 11) is 0. The molecule has 0 unspecified atom stereocenters. The average molecular weight is 607 g/mol. The van der Waals surface area contributed by atoms with E-state index in [2.05, 4.69) is 15.3 Å². The van der Waals surface area contributed by atoms with E-state index >= 15 is 0 Å². The van der Waals surface area contributed by atoms with Gasteiger partial charge in [-0.25, -0.2) is 4.79 Å². The van der Waals surface area contributed by atoms with Crippen LogP contribution in [-0.2, 0) is 29.2 Å². The van der Waals surface area contributed by atoms with Crippen molar-refractivity contribution in [2.75, 3.05) is 6.54 Å². The smallest absolute Gasteiger partial charge is 0.407 e. The van der Waals surface area contributed by atoms with Gasteiger partial charge in [0.05, 0.1) is 6.54 Å². The van der Waals surface area contributed by atoms with E-state index in [1.807, 2.05) is 47.8 Å². The topological polar surface area (TPSA) is 152 Å². The second-order valence-electron chi connectivity index (χ2n) is 10.9. The van der Waals surface area contributed by atoms with Gasteiger partial charge in [0.25, 0.3) is 0 Å². The van der Waals surface area contributed by atoms with Crippen molar-refractivity contribution in [1.82, 2.24) is 20.0 Å². The Morgan fingerprint density at radius 3 is 2.33 bits per heavy atom.